The Kier molecular flexibility index (Phi) is 7.60. The minimum atomic E-state index is -0.854. The molecule has 0 aliphatic heterocycles. The van der Waals surface area contributed by atoms with Crippen molar-refractivity contribution in [2.75, 3.05) is 19.8 Å². The van der Waals surface area contributed by atoms with E-state index in [0.29, 0.717) is 42.8 Å². The van der Waals surface area contributed by atoms with Crippen LogP contribution in [0.5, 0.6) is 17.2 Å². The molecule has 0 aliphatic carbocycles. The summed E-state index contributed by atoms with van der Waals surface area (Å²) >= 11 is 6.31. The maximum Gasteiger partial charge on any atom is 0.303 e. The number of carboxylic acids is 1. The molecule has 140 valence electrons. The molecule has 6 heteroatoms. The van der Waals surface area contributed by atoms with Gasteiger partial charge in [-0.2, -0.15) is 0 Å². The van der Waals surface area contributed by atoms with Gasteiger partial charge in [-0.3, -0.25) is 4.79 Å². The number of benzene rings is 2. The fourth-order valence-electron chi connectivity index (χ4n) is 2.43. The Balaban J connectivity index is 2.00. The number of aliphatic carboxylic acids is 1. The first-order chi connectivity index (χ1) is 12.5. The Morgan fingerprint density at radius 1 is 1.08 bits per heavy atom. The maximum absolute atomic E-state index is 10.7. The van der Waals surface area contributed by atoms with E-state index in [9.17, 15) is 4.79 Å². The molecule has 0 bridgehead atoms. The van der Waals surface area contributed by atoms with E-state index in [1.807, 2.05) is 38.1 Å². The predicted molar refractivity (Wildman–Crippen MR) is 101 cm³/mol. The summed E-state index contributed by atoms with van der Waals surface area (Å²) in [6.45, 7) is 4.98. The van der Waals surface area contributed by atoms with Gasteiger partial charge in [-0.05, 0) is 49.6 Å². The normalized spacial score (nSPS) is 10.4. The van der Waals surface area contributed by atoms with Gasteiger partial charge in [0, 0.05) is 6.42 Å². The second kappa shape index (κ2) is 9.92. The Hall–Kier alpha value is -2.40. The van der Waals surface area contributed by atoms with Crippen LogP contribution in [-0.4, -0.2) is 30.9 Å². The van der Waals surface area contributed by atoms with Gasteiger partial charge in [0.25, 0.3) is 0 Å². The van der Waals surface area contributed by atoms with Crippen molar-refractivity contribution in [3.63, 3.8) is 0 Å². The molecule has 0 atom stereocenters. The second-order valence-corrected chi connectivity index (χ2v) is 6.10. The van der Waals surface area contributed by atoms with Gasteiger partial charge < -0.3 is 19.3 Å². The average molecular weight is 379 g/mol. The Morgan fingerprint density at radius 2 is 1.81 bits per heavy atom. The smallest absolute Gasteiger partial charge is 0.303 e. The molecule has 2 rings (SSSR count). The number of carbonyl (C=O) groups is 1. The molecule has 5 nitrogen and oxygen atoms in total. The van der Waals surface area contributed by atoms with Crippen molar-refractivity contribution in [1.82, 2.24) is 0 Å². The van der Waals surface area contributed by atoms with Crippen LogP contribution < -0.4 is 14.2 Å². The fourth-order valence-corrected chi connectivity index (χ4v) is 2.72. The number of rotatable bonds is 10. The highest BCUT2D eigenvalue weighted by molar-refractivity contribution is 6.32. The third-order valence-corrected chi connectivity index (χ3v) is 3.96. The van der Waals surface area contributed by atoms with Crippen LogP contribution in [0, 0.1) is 6.92 Å². The van der Waals surface area contributed by atoms with Crippen LogP contribution in [0.3, 0.4) is 0 Å². The van der Waals surface area contributed by atoms with Crippen molar-refractivity contribution in [1.29, 1.82) is 0 Å². The number of hydrogen-bond acceptors (Lipinski definition) is 4. The molecule has 0 saturated carbocycles. The molecular weight excluding hydrogens is 356 g/mol. The van der Waals surface area contributed by atoms with Gasteiger partial charge in [0.05, 0.1) is 11.6 Å². The molecule has 0 aromatic heterocycles. The van der Waals surface area contributed by atoms with Crippen LogP contribution in [-0.2, 0) is 11.2 Å². The molecule has 0 amide bonds. The summed E-state index contributed by atoms with van der Waals surface area (Å²) in [5, 5.41) is 9.22. The van der Waals surface area contributed by atoms with Crippen LogP contribution in [0.2, 0.25) is 5.02 Å². The summed E-state index contributed by atoms with van der Waals surface area (Å²) in [6.07, 6.45) is 0.415. The van der Waals surface area contributed by atoms with Gasteiger partial charge in [0.15, 0.2) is 11.5 Å². The van der Waals surface area contributed by atoms with Crippen LogP contribution in [0.25, 0.3) is 0 Å². The largest absolute Gasteiger partial charge is 0.490 e. The van der Waals surface area contributed by atoms with Crippen molar-refractivity contribution in [2.24, 2.45) is 0 Å². The van der Waals surface area contributed by atoms with Crippen LogP contribution in [0.1, 0.15) is 24.5 Å². The molecule has 2 aromatic rings. The van der Waals surface area contributed by atoms with E-state index in [0.717, 1.165) is 16.9 Å². The number of para-hydroxylation sites is 1. The van der Waals surface area contributed by atoms with E-state index in [4.69, 9.17) is 30.9 Å². The summed E-state index contributed by atoms with van der Waals surface area (Å²) in [5.41, 5.74) is 1.85. The number of carboxylic acid groups (broad SMARTS) is 1. The summed E-state index contributed by atoms with van der Waals surface area (Å²) in [4.78, 5) is 10.7. The second-order valence-electron chi connectivity index (χ2n) is 5.69. The zero-order valence-electron chi connectivity index (χ0n) is 15.0. The molecule has 0 fully saturated rings. The molecule has 1 N–H and O–H groups in total. The highest BCUT2D eigenvalue weighted by Crippen LogP contribution is 2.37. The Bertz CT molecular complexity index is 745. The Morgan fingerprint density at radius 3 is 2.50 bits per heavy atom. The van der Waals surface area contributed by atoms with Crippen LogP contribution in [0.4, 0.5) is 0 Å². The van der Waals surface area contributed by atoms with E-state index in [1.54, 1.807) is 12.1 Å². The van der Waals surface area contributed by atoms with Crippen LogP contribution in [0.15, 0.2) is 36.4 Å². The lowest BCUT2D eigenvalue weighted by atomic mass is 10.1. The first-order valence-electron chi connectivity index (χ1n) is 8.49. The number of halogens is 1. The van der Waals surface area contributed by atoms with Crippen LogP contribution >= 0.6 is 11.6 Å². The van der Waals surface area contributed by atoms with Gasteiger partial charge >= 0.3 is 5.97 Å². The van der Waals surface area contributed by atoms with Crippen molar-refractivity contribution in [2.45, 2.75) is 26.7 Å². The zero-order chi connectivity index (χ0) is 18.9. The molecular formula is C20H23ClO5. The summed E-state index contributed by atoms with van der Waals surface area (Å²) in [7, 11) is 0. The van der Waals surface area contributed by atoms with Gasteiger partial charge in [0.1, 0.15) is 19.0 Å². The number of aryl methyl sites for hydroxylation is 2. The first kappa shape index (κ1) is 19.9. The third-order valence-electron chi connectivity index (χ3n) is 3.68. The molecule has 0 spiro atoms. The lowest BCUT2D eigenvalue weighted by Crippen LogP contribution is -2.11. The van der Waals surface area contributed by atoms with E-state index in [-0.39, 0.29) is 6.42 Å². The monoisotopic (exact) mass is 378 g/mol. The van der Waals surface area contributed by atoms with Crippen molar-refractivity contribution in [3.05, 3.63) is 52.5 Å². The lowest BCUT2D eigenvalue weighted by molar-refractivity contribution is -0.136. The van der Waals surface area contributed by atoms with E-state index in [2.05, 4.69) is 0 Å². The topological polar surface area (TPSA) is 65.0 Å². The molecule has 0 unspecified atom stereocenters. The molecule has 0 radical (unpaired) electrons. The number of hydrogen-bond donors (Lipinski definition) is 1. The van der Waals surface area contributed by atoms with Gasteiger partial charge in [-0.15, -0.1) is 0 Å². The summed E-state index contributed by atoms with van der Waals surface area (Å²) < 4.78 is 17.1. The Labute approximate surface area is 158 Å². The van der Waals surface area contributed by atoms with Crippen molar-refractivity contribution in [3.8, 4) is 17.2 Å². The fraction of sp³-hybridized carbons (Fsp3) is 0.350. The van der Waals surface area contributed by atoms with Crippen molar-refractivity contribution < 1.29 is 24.1 Å². The minimum Gasteiger partial charge on any atom is -0.490 e. The SMILES string of the molecule is CCOc1cc(CCC(=O)O)cc(Cl)c1OCCOc1ccccc1C. The van der Waals surface area contributed by atoms with Gasteiger partial charge in [-0.1, -0.05) is 29.8 Å². The third kappa shape index (κ3) is 5.85. The molecule has 26 heavy (non-hydrogen) atoms. The molecule has 0 aliphatic rings. The first-order valence-corrected chi connectivity index (χ1v) is 8.87. The minimum absolute atomic E-state index is 0.0341. The molecule has 2 aromatic carbocycles. The maximum atomic E-state index is 10.7. The van der Waals surface area contributed by atoms with Gasteiger partial charge in [0.2, 0.25) is 0 Å². The highest BCUT2D eigenvalue weighted by Gasteiger charge is 2.13. The standard InChI is InChI=1S/C20H23ClO5/c1-3-24-18-13-15(8-9-19(22)23)12-16(21)20(18)26-11-10-25-17-7-5-4-6-14(17)2/h4-7,12-13H,3,8-11H2,1-2H3,(H,22,23). The average Bonchev–Trinajstić information content (AvgIpc) is 2.60. The lowest BCUT2D eigenvalue weighted by Gasteiger charge is -2.16. The van der Waals surface area contributed by atoms with Crippen molar-refractivity contribution >= 4 is 17.6 Å². The molecule has 0 saturated heterocycles. The zero-order valence-corrected chi connectivity index (χ0v) is 15.7. The quantitative estimate of drug-likeness (QED) is 0.615. The number of ether oxygens (including phenoxy) is 3. The van der Waals surface area contributed by atoms with Gasteiger partial charge in [-0.25, -0.2) is 0 Å². The predicted octanol–water partition coefficient (Wildman–Crippen LogP) is 4.52. The van der Waals surface area contributed by atoms with E-state index in [1.165, 1.54) is 0 Å². The highest BCUT2D eigenvalue weighted by atomic mass is 35.5. The summed E-state index contributed by atoms with van der Waals surface area (Å²) in [5.74, 6) is 0.918. The van der Waals surface area contributed by atoms with E-state index < -0.39 is 5.97 Å². The summed E-state index contributed by atoms with van der Waals surface area (Å²) in [6, 6.07) is 11.3. The van der Waals surface area contributed by atoms with E-state index >= 15 is 0 Å². The molecule has 0 heterocycles.